The van der Waals surface area contributed by atoms with Gasteiger partial charge in [-0.05, 0) is 26.1 Å². The SMILES string of the molecule is CNC(C)Cc1noc(-c2cccc(F)c2F)n1. The third-order valence-electron chi connectivity index (χ3n) is 2.63. The van der Waals surface area contributed by atoms with Gasteiger partial charge in [0.1, 0.15) is 0 Å². The predicted molar refractivity (Wildman–Crippen MR) is 61.9 cm³/mol. The first-order valence-corrected chi connectivity index (χ1v) is 5.56. The number of hydrogen-bond acceptors (Lipinski definition) is 4. The minimum absolute atomic E-state index is 0.00898. The van der Waals surface area contributed by atoms with Crippen molar-refractivity contribution in [1.29, 1.82) is 0 Å². The number of nitrogens with one attached hydrogen (secondary N) is 1. The van der Waals surface area contributed by atoms with Crippen LogP contribution in [-0.2, 0) is 6.42 Å². The topological polar surface area (TPSA) is 51.0 Å². The van der Waals surface area contributed by atoms with Gasteiger partial charge in [0, 0.05) is 12.5 Å². The Bertz CT molecular complexity index is 542. The minimum atomic E-state index is -0.977. The quantitative estimate of drug-likeness (QED) is 0.907. The van der Waals surface area contributed by atoms with Gasteiger partial charge in [-0.2, -0.15) is 4.98 Å². The fourth-order valence-electron chi connectivity index (χ4n) is 1.49. The van der Waals surface area contributed by atoms with E-state index in [0.29, 0.717) is 12.2 Å². The molecule has 18 heavy (non-hydrogen) atoms. The highest BCUT2D eigenvalue weighted by molar-refractivity contribution is 5.53. The molecule has 6 heteroatoms. The Morgan fingerprint density at radius 2 is 2.17 bits per heavy atom. The molecule has 0 amide bonds. The summed E-state index contributed by atoms with van der Waals surface area (Å²) in [6.45, 7) is 1.96. The van der Waals surface area contributed by atoms with E-state index in [1.54, 1.807) is 0 Å². The predicted octanol–water partition coefficient (Wildman–Crippen LogP) is 2.17. The molecule has 0 aliphatic rings. The maximum Gasteiger partial charge on any atom is 0.261 e. The summed E-state index contributed by atoms with van der Waals surface area (Å²) in [5.74, 6) is -1.47. The molecule has 0 aliphatic carbocycles. The summed E-state index contributed by atoms with van der Waals surface area (Å²) in [6, 6.07) is 4.01. The maximum atomic E-state index is 13.5. The zero-order valence-electron chi connectivity index (χ0n) is 10.1. The summed E-state index contributed by atoms with van der Waals surface area (Å²) in [6.07, 6.45) is 0.553. The standard InChI is InChI=1S/C12H13F2N3O/c1-7(15-2)6-10-16-12(18-17-10)8-4-3-5-9(13)11(8)14/h3-5,7,15H,6H2,1-2H3. The summed E-state index contributed by atoms with van der Waals surface area (Å²) in [4.78, 5) is 4.05. The Hall–Kier alpha value is -1.82. The van der Waals surface area contributed by atoms with Gasteiger partial charge in [0.05, 0.1) is 5.56 Å². The number of halogens is 2. The highest BCUT2D eigenvalue weighted by Gasteiger charge is 2.16. The van der Waals surface area contributed by atoms with E-state index in [4.69, 9.17) is 4.52 Å². The van der Waals surface area contributed by atoms with Gasteiger partial charge in [-0.25, -0.2) is 8.78 Å². The first-order chi connectivity index (χ1) is 8.61. The van der Waals surface area contributed by atoms with Gasteiger partial charge < -0.3 is 9.84 Å². The van der Waals surface area contributed by atoms with Crippen LogP contribution in [0.3, 0.4) is 0 Å². The molecule has 0 radical (unpaired) electrons. The van der Waals surface area contributed by atoms with E-state index < -0.39 is 11.6 Å². The molecule has 2 rings (SSSR count). The lowest BCUT2D eigenvalue weighted by Gasteiger charge is -2.04. The molecule has 0 bridgehead atoms. The summed E-state index contributed by atoms with van der Waals surface area (Å²) < 4.78 is 31.5. The van der Waals surface area contributed by atoms with Gasteiger partial charge in [-0.1, -0.05) is 11.2 Å². The van der Waals surface area contributed by atoms with Crippen molar-refractivity contribution in [3.05, 3.63) is 35.7 Å². The van der Waals surface area contributed by atoms with Crippen LogP contribution in [0.25, 0.3) is 11.5 Å². The summed E-state index contributed by atoms with van der Waals surface area (Å²) in [5.41, 5.74) is -0.0224. The molecular formula is C12H13F2N3O. The van der Waals surface area contributed by atoms with E-state index in [2.05, 4.69) is 15.5 Å². The fourth-order valence-corrected chi connectivity index (χ4v) is 1.49. The second kappa shape index (κ2) is 5.22. The lowest BCUT2D eigenvalue weighted by Crippen LogP contribution is -2.24. The molecule has 0 saturated heterocycles. The normalized spacial score (nSPS) is 12.7. The van der Waals surface area contributed by atoms with Gasteiger partial charge in [-0.15, -0.1) is 0 Å². The average Bonchev–Trinajstić information content (AvgIpc) is 2.80. The number of benzene rings is 1. The average molecular weight is 253 g/mol. The molecule has 1 aromatic carbocycles. The van der Waals surface area contributed by atoms with Crippen molar-refractivity contribution in [2.45, 2.75) is 19.4 Å². The lowest BCUT2D eigenvalue weighted by atomic mass is 10.2. The zero-order chi connectivity index (χ0) is 13.1. The molecular weight excluding hydrogens is 240 g/mol. The van der Waals surface area contributed by atoms with Gasteiger partial charge in [0.15, 0.2) is 17.5 Å². The van der Waals surface area contributed by atoms with Crippen molar-refractivity contribution < 1.29 is 13.3 Å². The monoisotopic (exact) mass is 253 g/mol. The maximum absolute atomic E-state index is 13.5. The Morgan fingerprint density at radius 3 is 2.89 bits per heavy atom. The second-order valence-electron chi connectivity index (χ2n) is 4.01. The van der Waals surface area contributed by atoms with Crippen LogP contribution in [0.2, 0.25) is 0 Å². The number of aromatic nitrogens is 2. The molecule has 96 valence electrons. The Balaban J connectivity index is 2.27. The van der Waals surface area contributed by atoms with E-state index >= 15 is 0 Å². The van der Waals surface area contributed by atoms with Crippen LogP contribution in [0.1, 0.15) is 12.7 Å². The molecule has 0 saturated carbocycles. The lowest BCUT2D eigenvalue weighted by molar-refractivity contribution is 0.414. The smallest absolute Gasteiger partial charge is 0.261 e. The van der Waals surface area contributed by atoms with Crippen LogP contribution in [0.5, 0.6) is 0 Å². The van der Waals surface area contributed by atoms with Crippen LogP contribution in [0.4, 0.5) is 8.78 Å². The van der Waals surface area contributed by atoms with Crippen molar-refractivity contribution in [1.82, 2.24) is 15.5 Å². The van der Waals surface area contributed by atoms with E-state index in [1.807, 2.05) is 14.0 Å². The molecule has 4 nitrogen and oxygen atoms in total. The number of likely N-dealkylation sites (N-methyl/N-ethyl adjacent to an activating group) is 1. The zero-order valence-corrected chi connectivity index (χ0v) is 10.1. The molecule has 1 heterocycles. The Morgan fingerprint density at radius 1 is 1.39 bits per heavy atom. The van der Waals surface area contributed by atoms with Gasteiger partial charge in [0.2, 0.25) is 0 Å². The van der Waals surface area contributed by atoms with E-state index in [0.717, 1.165) is 6.07 Å². The van der Waals surface area contributed by atoms with Gasteiger partial charge >= 0.3 is 0 Å². The number of nitrogens with zero attached hydrogens (tertiary/aromatic N) is 2. The van der Waals surface area contributed by atoms with Crippen molar-refractivity contribution in [2.75, 3.05) is 7.05 Å². The summed E-state index contributed by atoms with van der Waals surface area (Å²) in [5, 5.41) is 6.76. The first-order valence-electron chi connectivity index (χ1n) is 5.56. The van der Waals surface area contributed by atoms with Crippen LogP contribution in [0.15, 0.2) is 22.7 Å². The molecule has 0 spiro atoms. The highest BCUT2D eigenvalue weighted by Crippen LogP contribution is 2.22. The molecule has 1 N–H and O–H groups in total. The summed E-state index contributed by atoms with van der Waals surface area (Å²) in [7, 11) is 1.82. The summed E-state index contributed by atoms with van der Waals surface area (Å²) >= 11 is 0. The van der Waals surface area contributed by atoms with Crippen molar-refractivity contribution in [2.24, 2.45) is 0 Å². The van der Waals surface area contributed by atoms with E-state index in [-0.39, 0.29) is 17.5 Å². The second-order valence-corrected chi connectivity index (χ2v) is 4.01. The fraction of sp³-hybridized carbons (Fsp3) is 0.333. The highest BCUT2D eigenvalue weighted by atomic mass is 19.2. The molecule has 2 aromatic rings. The van der Waals surface area contributed by atoms with Gasteiger partial charge in [0.25, 0.3) is 5.89 Å². The third-order valence-corrected chi connectivity index (χ3v) is 2.63. The number of hydrogen-bond donors (Lipinski definition) is 1. The van der Waals surface area contributed by atoms with Crippen molar-refractivity contribution in [3.63, 3.8) is 0 Å². The molecule has 1 atom stereocenters. The third kappa shape index (κ3) is 2.53. The van der Waals surface area contributed by atoms with E-state index in [1.165, 1.54) is 12.1 Å². The van der Waals surface area contributed by atoms with E-state index in [9.17, 15) is 8.78 Å². The minimum Gasteiger partial charge on any atom is -0.334 e. The molecule has 1 aromatic heterocycles. The number of rotatable bonds is 4. The van der Waals surface area contributed by atoms with Gasteiger partial charge in [-0.3, -0.25) is 0 Å². The largest absolute Gasteiger partial charge is 0.334 e. The van der Waals surface area contributed by atoms with Crippen molar-refractivity contribution in [3.8, 4) is 11.5 Å². The Kier molecular flexibility index (Phi) is 3.66. The molecule has 0 aliphatic heterocycles. The first kappa shape index (κ1) is 12.6. The van der Waals surface area contributed by atoms with Crippen LogP contribution < -0.4 is 5.32 Å². The van der Waals surface area contributed by atoms with Crippen molar-refractivity contribution >= 4 is 0 Å². The molecule has 0 fully saturated rings. The Labute approximate surface area is 103 Å². The molecule has 1 unspecified atom stereocenters. The van der Waals surface area contributed by atoms with Crippen LogP contribution >= 0.6 is 0 Å². The van der Waals surface area contributed by atoms with Crippen LogP contribution in [-0.4, -0.2) is 23.2 Å². The van der Waals surface area contributed by atoms with Crippen LogP contribution in [0, 0.1) is 11.6 Å².